The van der Waals surface area contributed by atoms with E-state index in [2.05, 4.69) is 49.9 Å². The van der Waals surface area contributed by atoms with Crippen molar-refractivity contribution in [3.8, 4) is 0 Å². The van der Waals surface area contributed by atoms with Crippen molar-refractivity contribution in [1.29, 1.82) is 0 Å². The standard InChI is InChI=1S/C17H28N2/c1-4-17(3,19-10-5-6-11-19)16(18)13-15-9-7-8-14(2)12-15/h7-9,12,16H,4-6,10-11,13,18H2,1-3H3. The molecule has 1 aliphatic heterocycles. The largest absolute Gasteiger partial charge is 0.326 e. The average molecular weight is 260 g/mol. The number of hydrogen-bond donors (Lipinski definition) is 1. The van der Waals surface area contributed by atoms with Gasteiger partial charge in [-0.2, -0.15) is 0 Å². The molecule has 1 fully saturated rings. The monoisotopic (exact) mass is 260 g/mol. The second-order valence-electron chi connectivity index (χ2n) is 6.20. The number of nitrogens with zero attached hydrogens (tertiary/aromatic N) is 1. The summed E-state index contributed by atoms with van der Waals surface area (Å²) >= 11 is 0. The Morgan fingerprint density at radius 2 is 2.00 bits per heavy atom. The Morgan fingerprint density at radius 1 is 1.32 bits per heavy atom. The zero-order chi connectivity index (χ0) is 13.9. The second-order valence-corrected chi connectivity index (χ2v) is 6.20. The van der Waals surface area contributed by atoms with Gasteiger partial charge in [0.05, 0.1) is 0 Å². The van der Waals surface area contributed by atoms with E-state index in [-0.39, 0.29) is 11.6 Å². The Kier molecular flexibility index (Phi) is 4.64. The first kappa shape index (κ1) is 14.5. The quantitative estimate of drug-likeness (QED) is 0.881. The van der Waals surface area contributed by atoms with Crippen LogP contribution in [0.5, 0.6) is 0 Å². The van der Waals surface area contributed by atoms with Gasteiger partial charge in [0, 0.05) is 11.6 Å². The molecule has 1 saturated heterocycles. The van der Waals surface area contributed by atoms with Crippen molar-refractivity contribution in [2.24, 2.45) is 5.73 Å². The number of hydrogen-bond acceptors (Lipinski definition) is 2. The van der Waals surface area contributed by atoms with Gasteiger partial charge in [0.1, 0.15) is 0 Å². The molecule has 1 aromatic rings. The molecule has 1 aliphatic rings. The summed E-state index contributed by atoms with van der Waals surface area (Å²) in [4.78, 5) is 2.60. The third-order valence-corrected chi connectivity index (χ3v) is 4.88. The number of nitrogens with two attached hydrogens (primary N) is 1. The summed E-state index contributed by atoms with van der Waals surface area (Å²) in [7, 11) is 0. The molecule has 0 aliphatic carbocycles. The van der Waals surface area contributed by atoms with Gasteiger partial charge in [-0.3, -0.25) is 4.90 Å². The summed E-state index contributed by atoms with van der Waals surface area (Å²) in [5.41, 5.74) is 9.41. The zero-order valence-electron chi connectivity index (χ0n) is 12.7. The van der Waals surface area contributed by atoms with E-state index >= 15 is 0 Å². The third kappa shape index (κ3) is 3.18. The van der Waals surface area contributed by atoms with E-state index in [0.29, 0.717) is 0 Å². The smallest absolute Gasteiger partial charge is 0.0332 e. The fourth-order valence-electron chi connectivity index (χ4n) is 3.26. The fourth-order valence-corrected chi connectivity index (χ4v) is 3.26. The topological polar surface area (TPSA) is 29.3 Å². The highest BCUT2D eigenvalue weighted by atomic mass is 15.2. The molecule has 2 heteroatoms. The van der Waals surface area contributed by atoms with Gasteiger partial charge in [-0.15, -0.1) is 0 Å². The van der Waals surface area contributed by atoms with Gasteiger partial charge in [-0.25, -0.2) is 0 Å². The Balaban J connectivity index is 2.09. The summed E-state index contributed by atoms with van der Waals surface area (Å²) in [5, 5.41) is 0. The molecule has 19 heavy (non-hydrogen) atoms. The van der Waals surface area contributed by atoms with E-state index in [9.17, 15) is 0 Å². The van der Waals surface area contributed by atoms with Crippen LogP contribution in [0.1, 0.15) is 44.2 Å². The lowest BCUT2D eigenvalue weighted by Crippen LogP contribution is -2.57. The van der Waals surface area contributed by atoms with Crippen molar-refractivity contribution in [2.75, 3.05) is 13.1 Å². The molecule has 1 heterocycles. The first-order valence-electron chi connectivity index (χ1n) is 7.62. The summed E-state index contributed by atoms with van der Waals surface area (Å²) in [6.45, 7) is 9.19. The van der Waals surface area contributed by atoms with Gasteiger partial charge >= 0.3 is 0 Å². The molecule has 0 saturated carbocycles. The average Bonchev–Trinajstić information content (AvgIpc) is 2.92. The number of rotatable bonds is 5. The Bertz CT molecular complexity index is 409. The van der Waals surface area contributed by atoms with Gasteiger partial charge < -0.3 is 5.73 Å². The van der Waals surface area contributed by atoms with Gasteiger partial charge in [-0.1, -0.05) is 36.8 Å². The molecule has 1 aromatic carbocycles. The maximum Gasteiger partial charge on any atom is 0.0332 e. The summed E-state index contributed by atoms with van der Waals surface area (Å²) < 4.78 is 0. The van der Waals surface area contributed by atoms with Crippen LogP contribution in [0.15, 0.2) is 24.3 Å². The molecule has 2 unspecified atom stereocenters. The summed E-state index contributed by atoms with van der Waals surface area (Å²) in [5.74, 6) is 0. The fraction of sp³-hybridized carbons (Fsp3) is 0.647. The van der Waals surface area contributed by atoms with Crippen LogP contribution in [-0.4, -0.2) is 29.6 Å². The maximum absolute atomic E-state index is 6.58. The molecule has 2 atom stereocenters. The van der Waals surface area contributed by atoms with E-state index in [4.69, 9.17) is 5.73 Å². The van der Waals surface area contributed by atoms with Crippen LogP contribution in [0.2, 0.25) is 0 Å². The lowest BCUT2D eigenvalue weighted by molar-refractivity contribution is 0.0999. The van der Waals surface area contributed by atoms with E-state index in [1.165, 1.54) is 37.1 Å². The van der Waals surface area contributed by atoms with E-state index < -0.39 is 0 Å². The van der Waals surface area contributed by atoms with E-state index in [0.717, 1.165) is 12.8 Å². The Morgan fingerprint density at radius 3 is 2.58 bits per heavy atom. The number of benzene rings is 1. The first-order chi connectivity index (χ1) is 9.06. The lowest BCUT2D eigenvalue weighted by Gasteiger charge is -2.43. The van der Waals surface area contributed by atoms with Crippen molar-refractivity contribution in [3.05, 3.63) is 35.4 Å². The van der Waals surface area contributed by atoms with Crippen molar-refractivity contribution < 1.29 is 0 Å². The third-order valence-electron chi connectivity index (χ3n) is 4.88. The molecule has 0 aromatic heterocycles. The van der Waals surface area contributed by atoms with Gasteiger partial charge in [0.15, 0.2) is 0 Å². The Hall–Kier alpha value is -0.860. The highest BCUT2D eigenvalue weighted by molar-refractivity contribution is 5.23. The van der Waals surface area contributed by atoms with Gasteiger partial charge in [0.2, 0.25) is 0 Å². The second kappa shape index (κ2) is 6.06. The molecule has 2 N–H and O–H groups in total. The molecule has 0 radical (unpaired) electrons. The molecule has 0 bridgehead atoms. The molecule has 2 nitrogen and oxygen atoms in total. The van der Waals surface area contributed by atoms with Crippen molar-refractivity contribution in [1.82, 2.24) is 4.90 Å². The van der Waals surface area contributed by atoms with Crippen LogP contribution in [0.4, 0.5) is 0 Å². The normalized spacial score (nSPS) is 21.3. The van der Waals surface area contributed by atoms with Crippen LogP contribution in [-0.2, 0) is 6.42 Å². The maximum atomic E-state index is 6.58. The number of aryl methyl sites for hydroxylation is 1. The number of likely N-dealkylation sites (tertiary alicyclic amines) is 1. The SMILES string of the molecule is CCC(C)(C(N)Cc1cccc(C)c1)N1CCCC1. The van der Waals surface area contributed by atoms with E-state index in [1.807, 2.05) is 0 Å². The van der Waals surface area contributed by atoms with Crippen LogP contribution in [0.3, 0.4) is 0 Å². The molecule has 0 amide bonds. The van der Waals surface area contributed by atoms with Crippen molar-refractivity contribution in [2.45, 2.75) is 58.0 Å². The van der Waals surface area contributed by atoms with Crippen LogP contribution in [0, 0.1) is 6.92 Å². The van der Waals surface area contributed by atoms with Crippen LogP contribution in [0.25, 0.3) is 0 Å². The highest BCUT2D eigenvalue weighted by Crippen LogP contribution is 2.28. The summed E-state index contributed by atoms with van der Waals surface area (Å²) in [6.07, 6.45) is 4.75. The van der Waals surface area contributed by atoms with Gasteiger partial charge in [0.25, 0.3) is 0 Å². The minimum Gasteiger partial charge on any atom is -0.326 e. The molecule has 2 rings (SSSR count). The minimum absolute atomic E-state index is 0.139. The summed E-state index contributed by atoms with van der Waals surface area (Å²) in [6, 6.07) is 8.95. The van der Waals surface area contributed by atoms with Crippen LogP contribution >= 0.6 is 0 Å². The van der Waals surface area contributed by atoms with E-state index in [1.54, 1.807) is 0 Å². The lowest BCUT2D eigenvalue weighted by atomic mass is 9.84. The molecular formula is C17H28N2. The molecule has 0 spiro atoms. The van der Waals surface area contributed by atoms with Crippen molar-refractivity contribution in [3.63, 3.8) is 0 Å². The molecule has 106 valence electrons. The van der Waals surface area contributed by atoms with Crippen molar-refractivity contribution >= 4 is 0 Å². The predicted molar refractivity (Wildman–Crippen MR) is 82.4 cm³/mol. The van der Waals surface area contributed by atoms with Crippen LogP contribution < -0.4 is 5.73 Å². The Labute approximate surface area is 118 Å². The first-order valence-corrected chi connectivity index (χ1v) is 7.62. The predicted octanol–water partition coefficient (Wildman–Crippen LogP) is 3.13. The molecular weight excluding hydrogens is 232 g/mol. The van der Waals surface area contributed by atoms with Gasteiger partial charge in [-0.05, 0) is 58.2 Å². The zero-order valence-corrected chi connectivity index (χ0v) is 12.7. The highest BCUT2D eigenvalue weighted by Gasteiger charge is 2.37. The minimum atomic E-state index is 0.139.